The summed E-state index contributed by atoms with van der Waals surface area (Å²) >= 11 is 0. The highest BCUT2D eigenvalue weighted by Gasteiger charge is 2.15. The van der Waals surface area contributed by atoms with Crippen molar-refractivity contribution in [3.8, 4) is 16.9 Å². The van der Waals surface area contributed by atoms with Crippen LogP contribution in [-0.2, 0) is 13.1 Å². The lowest BCUT2D eigenvalue weighted by Gasteiger charge is -2.17. The average Bonchev–Trinajstić information content (AvgIpc) is 3.27. The van der Waals surface area contributed by atoms with Crippen LogP contribution in [0, 0.1) is 25.5 Å². The molecule has 2 aromatic heterocycles. The van der Waals surface area contributed by atoms with E-state index in [2.05, 4.69) is 32.3 Å². The molecular formula is C23H23F2N5. The molecule has 0 atom stereocenters. The summed E-state index contributed by atoms with van der Waals surface area (Å²) in [5, 5.41) is 11.5. The van der Waals surface area contributed by atoms with Crippen LogP contribution in [0.4, 0.5) is 8.78 Å². The van der Waals surface area contributed by atoms with Crippen LogP contribution in [0.3, 0.4) is 0 Å². The summed E-state index contributed by atoms with van der Waals surface area (Å²) in [5.74, 6) is -1.21. The number of rotatable bonds is 6. The smallest absolute Gasteiger partial charge is 0.135 e. The number of hydrogen-bond donors (Lipinski definition) is 1. The summed E-state index contributed by atoms with van der Waals surface area (Å²) in [6, 6.07) is 13.9. The Balaban J connectivity index is 1.51. The lowest BCUT2D eigenvalue weighted by molar-refractivity contribution is 0.319. The van der Waals surface area contributed by atoms with Crippen molar-refractivity contribution in [2.45, 2.75) is 26.9 Å². The molecule has 0 saturated carbocycles. The Bertz CT molecular complexity index is 1180. The first-order valence-corrected chi connectivity index (χ1v) is 9.69. The van der Waals surface area contributed by atoms with Gasteiger partial charge in [-0.3, -0.25) is 10.00 Å². The van der Waals surface area contributed by atoms with Crippen LogP contribution in [0.25, 0.3) is 16.9 Å². The lowest BCUT2D eigenvalue weighted by Crippen LogP contribution is -2.17. The fourth-order valence-electron chi connectivity index (χ4n) is 3.69. The number of nitrogens with zero attached hydrogens (tertiary/aromatic N) is 4. The number of nitrogens with one attached hydrogen (secondary N) is 1. The SMILES string of the molecule is Cc1cc(C)n(-c2cccc(CN(C)Cc3cn[nH]c3-c3ccc(F)cc3F)c2)n1. The van der Waals surface area contributed by atoms with Gasteiger partial charge in [0.15, 0.2) is 0 Å². The first-order valence-electron chi connectivity index (χ1n) is 9.69. The summed E-state index contributed by atoms with van der Waals surface area (Å²) in [6.07, 6.45) is 1.68. The Morgan fingerprint density at radius 1 is 1.03 bits per heavy atom. The molecule has 0 bridgehead atoms. The van der Waals surface area contributed by atoms with Crippen LogP contribution in [0.15, 0.2) is 54.7 Å². The predicted molar refractivity (Wildman–Crippen MR) is 112 cm³/mol. The van der Waals surface area contributed by atoms with Crippen LogP contribution < -0.4 is 0 Å². The zero-order valence-corrected chi connectivity index (χ0v) is 17.2. The fraction of sp³-hybridized carbons (Fsp3) is 0.217. The van der Waals surface area contributed by atoms with Crippen molar-refractivity contribution in [3.63, 3.8) is 0 Å². The van der Waals surface area contributed by atoms with Crippen LogP contribution in [0.1, 0.15) is 22.5 Å². The number of halogens is 2. The molecule has 0 saturated heterocycles. The molecule has 30 heavy (non-hydrogen) atoms. The Hall–Kier alpha value is -3.32. The topological polar surface area (TPSA) is 49.7 Å². The summed E-state index contributed by atoms with van der Waals surface area (Å²) in [5.41, 5.74) is 5.94. The van der Waals surface area contributed by atoms with E-state index in [1.165, 1.54) is 12.1 Å². The van der Waals surface area contributed by atoms with E-state index in [1.54, 1.807) is 6.20 Å². The monoisotopic (exact) mass is 407 g/mol. The van der Waals surface area contributed by atoms with Gasteiger partial charge in [-0.1, -0.05) is 12.1 Å². The summed E-state index contributed by atoms with van der Waals surface area (Å²) in [4.78, 5) is 2.12. The van der Waals surface area contributed by atoms with Crippen LogP contribution in [0.2, 0.25) is 0 Å². The van der Waals surface area contributed by atoms with Gasteiger partial charge in [-0.15, -0.1) is 0 Å². The zero-order valence-electron chi connectivity index (χ0n) is 17.2. The molecule has 0 spiro atoms. The quantitative estimate of drug-likeness (QED) is 0.500. The summed E-state index contributed by atoms with van der Waals surface area (Å²) in [6.45, 7) is 5.28. The van der Waals surface area contributed by atoms with Crippen LogP contribution in [0.5, 0.6) is 0 Å². The highest BCUT2D eigenvalue weighted by atomic mass is 19.1. The van der Waals surface area contributed by atoms with E-state index in [4.69, 9.17) is 0 Å². The van der Waals surface area contributed by atoms with Gasteiger partial charge in [-0.2, -0.15) is 10.2 Å². The van der Waals surface area contributed by atoms with Crippen molar-refractivity contribution in [1.29, 1.82) is 0 Å². The van der Waals surface area contributed by atoms with Gasteiger partial charge >= 0.3 is 0 Å². The first-order chi connectivity index (χ1) is 14.4. The third-order valence-electron chi connectivity index (χ3n) is 4.98. The Kier molecular flexibility index (Phi) is 5.46. The molecule has 0 aliphatic carbocycles. The Morgan fingerprint density at radius 3 is 2.60 bits per heavy atom. The normalized spacial score (nSPS) is 11.4. The number of benzene rings is 2. The maximum absolute atomic E-state index is 14.2. The molecule has 154 valence electrons. The van der Waals surface area contributed by atoms with Gasteiger partial charge in [0.1, 0.15) is 11.6 Å². The van der Waals surface area contributed by atoms with Crippen LogP contribution in [-0.4, -0.2) is 31.9 Å². The largest absolute Gasteiger partial charge is 0.298 e. The summed E-state index contributed by atoms with van der Waals surface area (Å²) in [7, 11) is 1.99. The van der Waals surface area contributed by atoms with Gasteiger partial charge in [0.05, 0.1) is 23.3 Å². The molecule has 7 heteroatoms. The van der Waals surface area contributed by atoms with Gasteiger partial charge in [0.25, 0.3) is 0 Å². The van der Waals surface area contributed by atoms with Crippen molar-refractivity contribution in [2.75, 3.05) is 7.05 Å². The maximum atomic E-state index is 14.2. The standard InChI is InChI=1S/C23H23F2N5/c1-15-9-16(2)30(28-15)20-6-4-5-17(10-20)13-29(3)14-18-12-26-27-23(18)21-8-7-19(24)11-22(21)25/h4-12H,13-14H2,1-3H3,(H,26,27). The van der Waals surface area contributed by atoms with E-state index in [0.29, 0.717) is 24.3 Å². The van der Waals surface area contributed by atoms with Crippen molar-refractivity contribution < 1.29 is 8.78 Å². The van der Waals surface area contributed by atoms with E-state index >= 15 is 0 Å². The van der Waals surface area contributed by atoms with Gasteiger partial charge in [0.2, 0.25) is 0 Å². The highest BCUT2D eigenvalue weighted by Crippen LogP contribution is 2.26. The minimum atomic E-state index is -0.610. The van der Waals surface area contributed by atoms with Gasteiger partial charge in [-0.05, 0) is 56.8 Å². The fourth-order valence-corrected chi connectivity index (χ4v) is 3.69. The Morgan fingerprint density at radius 2 is 1.87 bits per heavy atom. The second-order valence-corrected chi connectivity index (χ2v) is 7.58. The molecule has 4 aromatic rings. The molecule has 0 amide bonds. The van der Waals surface area contributed by atoms with E-state index in [-0.39, 0.29) is 0 Å². The highest BCUT2D eigenvalue weighted by molar-refractivity contribution is 5.63. The van der Waals surface area contributed by atoms with Crippen molar-refractivity contribution in [1.82, 2.24) is 24.9 Å². The van der Waals surface area contributed by atoms with Gasteiger partial charge in [0, 0.05) is 36.0 Å². The van der Waals surface area contributed by atoms with E-state index in [0.717, 1.165) is 34.3 Å². The number of H-pyrrole nitrogens is 1. The molecular weight excluding hydrogens is 384 g/mol. The van der Waals surface area contributed by atoms with Crippen molar-refractivity contribution in [3.05, 3.63) is 88.9 Å². The third-order valence-corrected chi connectivity index (χ3v) is 4.98. The molecule has 2 aromatic carbocycles. The van der Waals surface area contributed by atoms with Crippen LogP contribution >= 0.6 is 0 Å². The van der Waals surface area contributed by atoms with Crippen molar-refractivity contribution >= 4 is 0 Å². The van der Waals surface area contributed by atoms with Crippen molar-refractivity contribution in [2.24, 2.45) is 0 Å². The minimum absolute atomic E-state index is 0.309. The molecule has 0 aliphatic rings. The molecule has 0 unspecified atom stereocenters. The molecule has 1 N–H and O–H groups in total. The van der Waals surface area contributed by atoms with Gasteiger partial charge in [-0.25, -0.2) is 13.5 Å². The Labute approximate surface area is 174 Å². The van der Waals surface area contributed by atoms with E-state index < -0.39 is 11.6 Å². The first kappa shape index (κ1) is 20.0. The van der Waals surface area contributed by atoms with E-state index in [9.17, 15) is 8.78 Å². The zero-order chi connectivity index (χ0) is 21.3. The number of hydrogen-bond acceptors (Lipinski definition) is 3. The molecule has 0 radical (unpaired) electrons. The molecule has 0 aliphatic heterocycles. The second-order valence-electron chi connectivity index (χ2n) is 7.58. The number of aromatic amines is 1. The second kappa shape index (κ2) is 8.20. The molecule has 0 fully saturated rings. The average molecular weight is 407 g/mol. The predicted octanol–water partition coefficient (Wildman–Crippen LogP) is 4.79. The number of aryl methyl sites for hydroxylation is 2. The number of aromatic nitrogens is 4. The molecule has 5 nitrogen and oxygen atoms in total. The summed E-state index contributed by atoms with van der Waals surface area (Å²) < 4.78 is 29.4. The third kappa shape index (κ3) is 4.16. The lowest BCUT2D eigenvalue weighted by atomic mass is 10.1. The molecule has 4 rings (SSSR count). The minimum Gasteiger partial charge on any atom is -0.298 e. The maximum Gasteiger partial charge on any atom is 0.135 e. The van der Waals surface area contributed by atoms with E-state index in [1.807, 2.05) is 43.8 Å². The molecule has 2 heterocycles. The van der Waals surface area contributed by atoms with Gasteiger partial charge < -0.3 is 0 Å².